The summed E-state index contributed by atoms with van der Waals surface area (Å²) in [5.41, 5.74) is 9.52. The lowest BCUT2D eigenvalue weighted by atomic mass is 9.39. The first kappa shape index (κ1) is 54.7. The number of aromatic hydroxyl groups is 2. The Labute approximate surface area is 487 Å². The lowest BCUT2D eigenvalue weighted by Gasteiger charge is -2.71. The molecule has 3 saturated heterocycles. The van der Waals surface area contributed by atoms with E-state index in [4.69, 9.17) is 18.9 Å². The van der Waals surface area contributed by atoms with E-state index in [0.29, 0.717) is 48.7 Å². The minimum atomic E-state index is -1.84. The molecule has 9 N–H and O–H groups in total. The molecule has 15 nitrogen and oxygen atoms in total. The Morgan fingerprint density at radius 3 is 2.25 bits per heavy atom. The fraction of sp³-hybridized carbons (Fsp3) is 0.765. The Morgan fingerprint density at radius 2 is 1.51 bits per heavy atom. The van der Waals surface area contributed by atoms with Crippen molar-refractivity contribution in [2.45, 2.75) is 241 Å². The highest BCUT2D eigenvalue weighted by Gasteiger charge is 2.79. The Hall–Kier alpha value is -3.64. The molecular weight excluding hydrogens is 1050 g/mol. The third-order valence-corrected chi connectivity index (χ3v) is 27.8. The van der Waals surface area contributed by atoms with Crippen molar-refractivity contribution in [2.24, 2.45) is 55.7 Å². The summed E-state index contributed by atoms with van der Waals surface area (Å²) in [5.74, 6) is -3.21. The minimum absolute atomic E-state index is 0.0168. The van der Waals surface area contributed by atoms with Gasteiger partial charge >= 0.3 is 5.97 Å². The summed E-state index contributed by atoms with van der Waals surface area (Å²) < 4.78 is 28.8. The van der Waals surface area contributed by atoms with Crippen molar-refractivity contribution in [3.63, 3.8) is 0 Å². The van der Waals surface area contributed by atoms with Gasteiger partial charge in [0.2, 0.25) is 6.29 Å². The van der Waals surface area contributed by atoms with Crippen LogP contribution in [0.1, 0.15) is 213 Å². The number of fused-ring (bicyclic) bond motifs is 4. The summed E-state index contributed by atoms with van der Waals surface area (Å²) in [5, 5.41) is 84.0. The maximum atomic E-state index is 13.7. The van der Waals surface area contributed by atoms with E-state index < -0.39 is 76.6 Å². The number of carbonyl (C=O) groups excluding carboxylic acids is 1. The van der Waals surface area contributed by atoms with Crippen molar-refractivity contribution in [3.8, 4) is 17.2 Å². The zero-order chi connectivity index (χ0) is 57.1. The van der Waals surface area contributed by atoms with Crippen LogP contribution in [0.4, 0.5) is 0 Å². The molecule has 16 rings (SSSR count). The monoisotopic (exact) mass is 1140 g/mol. The largest absolute Gasteiger partial charge is 0.507 e. The van der Waals surface area contributed by atoms with Crippen molar-refractivity contribution >= 4 is 22.5 Å². The number of aliphatic hydroxyl groups is 4. The molecule has 14 aliphatic rings. The molecule has 2 aromatic carbocycles. The fourth-order valence-electron chi connectivity index (χ4n) is 25.2. The zero-order valence-electron chi connectivity index (χ0n) is 49.1. The maximum absolute atomic E-state index is 13.7. The highest BCUT2D eigenvalue weighted by Crippen LogP contribution is 2.80. The number of nitrogens with one attached hydrogen (secondary N) is 2. The molecule has 9 spiro atoms. The van der Waals surface area contributed by atoms with Gasteiger partial charge in [-0.2, -0.15) is 0 Å². The number of hydrogen-bond acceptors (Lipinski definition) is 14. The van der Waals surface area contributed by atoms with Gasteiger partial charge in [-0.15, -0.1) is 0 Å². The number of allylic oxidation sites excluding steroid dienone is 1. The Bertz CT molecular complexity index is 3160. The number of phenols is 2. The van der Waals surface area contributed by atoms with Crippen LogP contribution in [0.25, 0.3) is 10.8 Å². The van der Waals surface area contributed by atoms with Gasteiger partial charge in [-0.05, 0) is 235 Å². The SMILES string of the molecule is CC(=O)c1c(C)c(O)c2cc(C(=O)O)cc(OC3OC(CO)C4(CC5C6=C(CC=C6C6(CCO)COCC7CC89CC5(NNC8CC5(CCCC58CCC5(CCCC5)C8)C9)C76)C5(CCCC6(CCC7(CCCC7)C6)C5)O4)C(O)C3O)c2c1O. The molecule has 0 amide bonds. The number of carboxylic acid groups (broad SMARTS) is 1. The average molecular weight is 1140 g/mol. The van der Waals surface area contributed by atoms with Crippen LogP contribution in [0.2, 0.25) is 0 Å². The second-order valence-electron chi connectivity index (χ2n) is 31.3. The van der Waals surface area contributed by atoms with E-state index in [1.165, 1.54) is 146 Å². The van der Waals surface area contributed by atoms with Gasteiger partial charge < -0.3 is 54.7 Å². The van der Waals surface area contributed by atoms with Crippen molar-refractivity contribution in [3.05, 3.63) is 51.6 Å². The topological polar surface area (TPSA) is 237 Å². The quantitative estimate of drug-likeness (QED) is 0.0927. The second kappa shape index (κ2) is 18.2. The first-order valence-electron chi connectivity index (χ1n) is 32.7. The first-order chi connectivity index (χ1) is 39.8. The molecule has 0 aromatic heterocycles. The molecule has 12 fully saturated rings. The Kier molecular flexibility index (Phi) is 12.0. The Morgan fingerprint density at radius 1 is 0.783 bits per heavy atom. The van der Waals surface area contributed by atoms with Crippen LogP contribution in [-0.2, 0) is 14.2 Å². The van der Waals surface area contributed by atoms with E-state index in [9.17, 15) is 45.3 Å². The first-order valence-corrected chi connectivity index (χ1v) is 32.7. The molecule has 16 atom stereocenters. The molecule has 2 aromatic rings. The van der Waals surface area contributed by atoms with E-state index in [1.807, 2.05) is 0 Å². The molecule has 15 heteroatoms. The van der Waals surface area contributed by atoms with Crippen molar-refractivity contribution in [2.75, 3.05) is 26.4 Å². The number of rotatable bonds is 7. The molecular formula is C68H90N2O13. The lowest BCUT2D eigenvalue weighted by molar-refractivity contribution is -0.349. The van der Waals surface area contributed by atoms with Crippen LogP contribution < -0.4 is 15.6 Å². The van der Waals surface area contributed by atoms with Crippen molar-refractivity contribution in [1.82, 2.24) is 10.9 Å². The van der Waals surface area contributed by atoms with Crippen molar-refractivity contribution in [1.29, 1.82) is 0 Å². The lowest BCUT2D eigenvalue weighted by Crippen LogP contribution is -2.81. The normalized spacial score (nSPS) is 45.8. The molecule has 9 saturated carbocycles. The summed E-state index contributed by atoms with van der Waals surface area (Å²) in [6.45, 7) is 3.27. The molecule has 0 radical (unpaired) electrons. The van der Waals surface area contributed by atoms with Crippen LogP contribution in [-0.4, -0.2) is 121 Å². The number of phenolic OH excluding ortho intramolecular Hbond substituents is 2. The van der Waals surface area contributed by atoms with Gasteiger partial charge in [0.15, 0.2) is 5.78 Å². The van der Waals surface area contributed by atoms with E-state index in [2.05, 4.69) is 16.9 Å². The number of aromatic carboxylic acids is 1. The summed E-state index contributed by atoms with van der Waals surface area (Å²) >= 11 is 0. The van der Waals surface area contributed by atoms with Crippen LogP contribution in [0.3, 0.4) is 0 Å². The van der Waals surface area contributed by atoms with Crippen LogP contribution in [0.5, 0.6) is 17.2 Å². The highest BCUT2D eigenvalue weighted by molar-refractivity contribution is 6.11. The maximum Gasteiger partial charge on any atom is 0.335 e. The van der Waals surface area contributed by atoms with Gasteiger partial charge in [-0.3, -0.25) is 15.6 Å². The summed E-state index contributed by atoms with van der Waals surface area (Å²) in [7, 11) is 0. The van der Waals surface area contributed by atoms with Gasteiger partial charge in [0, 0.05) is 47.1 Å². The number of Topliss-reactive ketones (excluding diaryl/α,β-unsaturated/α-hetero) is 1. The van der Waals surface area contributed by atoms with Gasteiger partial charge in [0.05, 0.1) is 35.3 Å². The van der Waals surface area contributed by atoms with E-state index >= 15 is 0 Å². The molecule has 4 aliphatic heterocycles. The number of hydrogen-bond donors (Lipinski definition) is 9. The van der Waals surface area contributed by atoms with Crippen LogP contribution in [0, 0.1) is 62.6 Å². The van der Waals surface area contributed by atoms with E-state index in [-0.39, 0.29) is 86.3 Å². The summed E-state index contributed by atoms with van der Waals surface area (Å²) in [6, 6.07) is 2.62. The Balaban J connectivity index is 0.851. The predicted molar refractivity (Wildman–Crippen MR) is 306 cm³/mol. The van der Waals surface area contributed by atoms with Gasteiger partial charge in [0.1, 0.15) is 41.2 Å². The molecule has 450 valence electrons. The highest BCUT2D eigenvalue weighted by atomic mass is 16.7. The number of ether oxygens (including phenoxy) is 4. The van der Waals surface area contributed by atoms with Crippen molar-refractivity contribution < 1.29 is 64.3 Å². The number of benzene rings is 2. The average Bonchev–Trinajstić information content (AvgIpc) is 2.76. The van der Waals surface area contributed by atoms with E-state index in [1.54, 1.807) is 0 Å². The van der Waals surface area contributed by atoms with Crippen LogP contribution >= 0.6 is 0 Å². The van der Waals surface area contributed by atoms with E-state index in [0.717, 1.165) is 51.0 Å². The van der Waals surface area contributed by atoms with Gasteiger partial charge in [0.25, 0.3) is 0 Å². The zero-order valence-corrected chi connectivity index (χ0v) is 49.1. The number of carboxylic acids is 1. The number of hydrazine groups is 1. The molecule has 83 heavy (non-hydrogen) atoms. The minimum Gasteiger partial charge on any atom is -0.507 e. The standard InChI is InChI=1S/C68H90N2O13/c1-38-49(39(2)73)53(75)50-42(52(38)74)25-40(57(78)79)26-46(50)81-58-54(76)56(77)68(48(30-72)82-58)28-45-51-43(9-10-44(51)66(83-68)18-7-15-61(34-66)20-19-59(32-61)11-3-4-12-59)65(23-24-71)37-80-31-41-27-62-35-64(29-47(62)69-70-67(45,36-62)55(41)65)17-8-16-63(64)22-21-60(33-63)13-5-6-14-60/h9,25-26,41,45,47-48,54-56,58,69-72,74-77H,3-8,10-24,27-37H2,1-2H3,(H,78,79). The molecule has 10 aliphatic carbocycles. The number of carbonyl (C=O) groups is 2. The fourth-order valence-corrected chi connectivity index (χ4v) is 25.2. The summed E-state index contributed by atoms with van der Waals surface area (Å²) in [6.07, 6.45) is 27.0. The number of aliphatic hydroxyl groups excluding tert-OH is 4. The predicted octanol–water partition coefficient (Wildman–Crippen LogP) is 10.1. The molecule has 4 heterocycles. The smallest absolute Gasteiger partial charge is 0.335 e. The van der Waals surface area contributed by atoms with Gasteiger partial charge in [-0.1, -0.05) is 38.2 Å². The van der Waals surface area contributed by atoms with Crippen LogP contribution in [0.15, 0.2) is 34.9 Å². The number of ketones is 1. The third-order valence-electron chi connectivity index (χ3n) is 27.8. The second-order valence-corrected chi connectivity index (χ2v) is 31.3. The molecule has 2 bridgehead atoms. The third kappa shape index (κ3) is 7.17. The summed E-state index contributed by atoms with van der Waals surface area (Å²) in [4.78, 5) is 25.8. The van der Waals surface area contributed by atoms with Gasteiger partial charge in [-0.25, -0.2) is 4.79 Å². The molecule has 16 unspecified atom stereocenters.